The molecule has 0 radical (unpaired) electrons. The van der Waals surface area contributed by atoms with E-state index < -0.39 is 0 Å². The van der Waals surface area contributed by atoms with Crippen molar-refractivity contribution in [1.29, 1.82) is 0 Å². The van der Waals surface area contributed by atoms with Gasteiger partial charge in [0.1, 0.15) is 0 Å². The first kappa shape index (κ1) is 22.4. The van der Waals surface area contributed by atoms with Crippen molar-refractivity contribution in [1.82, 2.24) is 20.0 Å². The van der Waals surface area contributed by atoms with Gasteiger partial charge < -0.3 is 10.2 Å². The van der Waals surface area contributed by atoms with Gasteiger partial charge in [0.15, 0.2) is 0 Å². The Morgan fingerprint density at radius 2 is 2.00 bits per heavy atom. The van der Waals surface area contributed by atoms with E-state index in [4.69, 9.17) is 0 Å². The van der Waals surface area contributed by atoms with E-state index in [-0.39, 0.29) is 11.8 Å². The van der Waals surface area contributed by atoms with Crippen LogP contribution in [0.4, 0.5) is 0 Å². The minimum atomic E-state index is -0.0946. The van der Waals surface area contributed by atoms with Gasteiger partial charge in [0, 0.05) is 37.3 Å². The van der Waals surface area contributed by atoms with Gasteiger partial charge in [-0.05, 0) is 43.9 Å². The minimum absolute atomic E-state index is 0.0946. The molecule has 1 aliphatic rings. The van der Waals surface area contributed by atoms with E-state index in [0.29, 0.717) is 23.9 Å². The number of amides is 2. The lowest BCUT2D eigenvalue weighted by Crippen LogP contribution is -2.39. The second kappa shape index (κ2) is 11.2. The highest BCUT2D eigenvalue weighted by molar-refractivity contribution is 8.00. The lowest BCUT2D eigenvalue weighted by Gasteiger charge is -2.31. The first-order chi connectivity index (χ1) is 14.5. The quantitative estimate of drug-likeness (QED) is 0.486. The lowest BCUT2D eigenvalue weighted by molar-refractivity contribution is -0.129. The Bertz CT molecular complexity index is 845. The summed E-state index contributed by atoms with van der Waals surface area (Å²) in [5, 5.41) is 7.25. The van der Waals surface area contributed by atoms with E-state index in [0.717, 1.165) is 36.3 Å². The third-order valence-corrected chi connectivity index (χ3v) is 6.67. The highest BCUT2D eigenvalue weighted by Gasteiger charge is 2.22. The zero-order valence-electron chi connectivity index (χ0n) is 18.0. The number of hydrogen-bond donors (Lipinski definition) is 1. The molecule has 1 N–H and O–H groups in total. The zero-order chi connectivity index (χ0) is 21.3. The largest absolute Gasteiger partial charge is 0.352 e. The van der Waals surface area contributed by atoms with Gasteiger partial charge in [-0.2, -0.15) is 5.10 Å². The van der Waals surface area contributed by atoms with Crippen molar-refractivity contribution in [3.05, 3.63) is 47.8 Å². The van der Waals surface area contributed by atoms with Crippen molar-refractivity contribution < 1.29 is 9.59 Å². The first-order valence-electron chi connectivity index (χ1n) is 10.8. The van der Waals surface area contributed by atoms with E-state index in [1.165, 1.54) is 31.0 Å². The second-order valence-corrected chi connectivity index (χ2v) is 8.99. The standard InChI is InChI=1S/C23H32N4O2S/c1-18-15-25-27(16-18)14-8-13-24-23(29)20-11-6-7-12-21(20)30-17-22(28)26(2)19-9-4-3-5-10-19/h6-7,11-12,15-16,19H,3-5,8-10,13-14,17H2,1-2H3,(H,24,29). The third-order valence-electron chi connectivity index (χ3n) is 5.61. The van der Waals surface area contributed by atoms with Crippen molar-refractivity contribution >= 4 is 23.6 Å². The zero-order valence-corrected chi connectivity index (χ0v) is 18.8. The average Bonchev–Trinajstić information content (AvgIpc) is 3.20. The van der Waals surface area contributed by atoms with Crippen molar-refractivity contribution in [3.63, 3.8) is 0 Å². The molecule has 2 aromatic rings. The van der Waals surface area contributed by atoms with Crippen LogP contribution in [-0.4, -0.2) is 51.9 Å². The van der Waals surface area contributed by atoms with Gasteiger partial charge >= 0.3 is 0 Å². The van der Waals surface area contributed by atoms with Crippen molar-refractivity contribution in [2.75, 3.05) is 19.3 Å². The van der Waals surface area contributed by atoms with E-state index in [9.17, 15) is 9.59 Å². The fourth-order valence-corrected chi connectivity index (χ4v) is 4.79. The number of hydrogen-bond acceptors (Lipinski definition) is 4. The predicted molar refractivity (Wildman–Crippen MR) is 121 cm³/mol. The van der Waals surface area contributed by atoms with E-state index in [2.05, 4.69) is 10.4 Å². The van der Waals surface area contributed by atoms with Gasteiger partial charge in [-0.1, -0.05) is 31.4 Å². The summed E-state index contributed by atoms with van der Waals surface area (Å²) in [6.07, 6.45) is 10.5. The van der Waals surface area contributed by atoms with Gasteiger partial charge in [-0.3, -0.25) is 14.3 Å². The second-order valence-electron chi connectivity index (χ2n) is 7.97. The summed E-state index contributed by atoms with van der Waals surface area (Å²) >= 11 is 1.45. The summed E-state index contributed by atoms with van der Waals surface area (Å²) in [7, 11) is 1.92. The van der Waals surface area contributed by atoms with Crippen LogP contribution in [0.2, 0.25) is 0 Å². The fraction of sp³-hybridized carbons (Fsp3) is 0.522. The van der Waals surface area contributed by atoms with E-state index in [1.54, 1.807) is 0 Å². The summed E-state index contributed by atoms with van der Waals surface area (Å²) in [6, 6.07) is 7.88. The summed E-state index contributed by atoms with van der Waals surface area (Å²) in [5.41, 5.74) is 1.76. The summed E-state index contributed by atoms with van der Waals surface area (Å²) < 4.78 is 1.89. The maximum atomic E-state index is 12.7. The SMILES string of the molecule is Cc1cnn(CCCNC(=O)c2ccccc2SCC(=O)N(C)C2CCCCC2)c1. The molecule has 0 spiro atoms. The molecule has 1 aromatic heterocycles. The van der Waals surface area contributed by atoms with E-state index in [1.807, 2.05) is 60.2 Å². The molecule has 0 saturated heterocycles. The third kappa shape index (κ3) is 6.36. The van der Waals surface area contributed by atoms with Gasteiger partial charge in [0.05, 0.1) is 17.5 Å². The number of nitrogens with zero attached hydrogens (tertiary/aromatic N) is 3. The van der Waals surface area contributed by atoms with Crippen LogP contribution < -0.4 is 5.32 Å². The molecule has 0 aliphatic heterocycles. The number of rotatable bonds is 9. The van der Waals surface area contributed by atoms with Crippen molar-refractivity contribution in [3.8, 4) is 0 Å². The topological polar surface area (TPSA) is 67.2 Å². The summed E-state index contributed by atoms with van der Waals surface area (Å²) in [5.74, 6) is 0.398. The molecular weight excluding hydrogens is 396 g/mol. The van der Waals surface area contributed by atoms with Crippen LogP contribution in [0.25, 0.3) is 0 Å². The molecule has 1 fully saturated rings. The van der Waals surface area contributed by atoms with Crippen LogP contribution in [0, 0.1) is 6.92 Å². The molecule has 2 amide bonds. The Labute approximate surface area is 183 Å². The molecule has 0 atom stereocenters. The number of thioether (sulfide) groups is 1. The molecule has 0 unspecified atom stereocenters. The molecule has 1 aromatic carbocycles. The highest BCUT2D eigenvalue weighted by atomic mass is 32.2. The number of carbonyl (C=O) groups is 2. The highest BCUT2D eigenvalue weighted by Crippen LogP contribution is 2.25. The maximum Gasteiger partial charge on any atom is 0.252 e. The van der Waals surface area contributed by atoms with Gasteiger partial charge in [-0.15, -0.1) is 11.8 Å². The predicted octanol–water partition coefficient (Wildman–Crippen LogP) is 3.89. The average molecular weight is 429 g/mol. The van der Waals surface area contributed by atoms with Gasteiger partial charge in [-0.25, -0.2) is 0 Å². The molecular formula is C23H32N4O2S. The van der Waals surface area contributed by atoms with Crippen LogP contribution in [0.1, 0.15) is 54.4 Å². The van der Waals surface area contributed by atoms with Crippen LogP contribution >= 0.6 is 11.8 Å². The molecule has 3 rings (SSSR count). The van der Waals surface area contributed by atoms with Gasteiger partial charge in [0.2, 0.25) is 5.91 Å². The molecule has 30 heavy (non-hydrogen) atoms. The number of carbonyl (C=O) groups excluding carboxylic acids is 2. The molecule has 7 heteroatoms. The molecule has 0 bridgehead atoms. The molecule has 162 valence electrons. The maximum absolute atomic E-state index is 12.7. The van der Waals surface area contributed by atoms with Crippen LogP contribution in [0.5, 0.6) is 0 Å². The number of aryl methyl sites for hydroxylation is 2. The van der Waals surface area contributed by atoms with Crippen molar-refractivity contribution in [2.45, 2.75) is 62.9 Å². The van der Waals surface area contributed by atoms with Crippen LogP contribution in [-0.2, 0) is 11.3 Å². The van der Waals surface area contributed by atoms with E-state index >= 15 is 0 Å². The Morgan fingerprint density at radius 3 is 2.73 bits per heavy atom. The van der Waals surface area contributed by atoms with Gasteiger partial charge in [0.25, 0.3) is 5.91 Å². The normalized spacial score (nSPS) is 14.5. The molecule has 1 heterocycles. The Hall–Kier alpha value is -2.28. The minimum Gasteiger partial charge on any atom is -0.352 e. The monoisotopic (exact) mass is 428 g/mol. The lowest BCUT2D eigenvalue weighted by atomic mass is 9.94. The van der Waals surface area contributed by atoms with Crippen molar-refractivity contribution in [2.24, 2.45) is 0 Å². The Kier molecular flexibility index (Phi) is 8.37. The smallest absolute Gasteiger partial charge is 0.252 e. The van der Waals surface area contributed by atoms with Crippen LogP contribution in [0.15, 0.2) is 41.6 Å². The summed E-state index contributed by atoms with van der Waals surface area (Å²) in [6.45, 7) is 3.37. The Balaban J connectivity index is 1.48. The molecule has 1 saturated carbocycles. The number of benzene rings is 1. The Morgan fingerprint density at radius 1 is 1.23 bits per heavy atom. The molecule has 1 aliphatic carbocycles. The molecule has 6 nitrogen and oxygen atoms in total. The summed E-state index contributed by atoms with van der Waals surface area (Å²) in [4.78, 5) is 28.1. The number of aromatic nitrogens is 2. The first-order valence-corrected chi connectivity index (χ1v) is 11.8. The number of nitrogens with one attached hydrogen (secondary N) is 1. The van der Waals surface area contributed by atoms with Crippen LogP contribution in [0.3, 0.4) is 0 Å². The fourth-order valence-electron chi connectivity index (χ4n) is 3.82.